The molecule has 0 saturated carbocycles. The second-order valence-electron chi connectivity index (χ2n) is 6.86. The van der Waals surface area contributed by atoms with Crippen molar-refractivity contribution in [3.05, 3.63) is 47.3 Å². The number of aromatic nitrogens is 2. The van der Waals surface area contributed by atoms with Gasteiger partial charge in [-0.1, -0.05) is 32.9 Å². The highest BCUT2D eigenvalue weighted by Gasteiger charge is 2.13. The normalized spacial score (nSPS) is 11.7. The number of hydrazone groups is 1. The van der Waals surface area contributed by atoms with Gasteiger partial charge in [0.05, 0.1) is 12.4 Å². The number of ether oxygens (including phenoxy) is 1. The van der Waals surface area contributed by atoms with Crippen molar-refractivity contribution in [2.75, 3.05) is 6.61 Å². The molecule has 2 aromatic rings. The van der Waals surface area contributed by atoms with Gasteiger partial charge in [-0.25, -0.2) is 5.43 Å². The van der Waals surface area contributed by atoms with Gasteiger partial charge < -0.3 is 4.74 Å². The number of aryl methyl sites for hydroxylation is 1. The average molecular weight is 342 g/mol. The van der Waals surface area contributed by atoms with Crippen LogP contribution < -0.4 is 10.2 Å². The summed E-state index contributed by atoms with van der Waals surface area (Å²) in [6.45, 7) is 11.2. The van der Waals surface area contributed by atoms with E-state index in [2.05, 4.69) is 36.4 Å². The van der Waals surface area contributed by atoms with Crippen molar-refractivity contribution in [2.24, 2.45) is 5.10 Å². The molecule has 134 valence electrons. The van der Waals surface area contributed by atoms with E-state index in [0.29, 0.717) is 5.75 Å². The number of hydrogen-bond donors (Lipinski definition) is 1. The maximum absolute atomic E-state index is 11.8. The van der Waals surface area contributed by atoms with E-state index in [0.717, 1.165) is 17.8 Å². The summed E-state index contributed by atoms with van der Waals surface area (Å²) in [4.78, 5) is 11.8. The van der Waals surface area contributed by atoms with Gasteiger partial charge in [0.25, 0.3) is 5.91 Å². The maximum Gasteiger partial charge on any atom is 0.277 e. The van der Waals surface area contributed by atoms with Crippen LogP contribution in [0.5, 0.6) is 5.75 Å². The zero-order valence-corrected chi connectivity index (χ0v) is 15.5. The van der Waals surface area contributed by atoms with E-state index >= 15 is 0 Å². The van der Waals surface area contributed by atoms with Gasteiger partial charge in [0, 0.05) is 17.8 Å². The van der Waals surface area contributed by atoms with Gasteiger partial charge in [-0.3, -0.25) is 9.48 Å². The molecular weight excluding hydrogens is 316 g/mol. The fourth-order valence-electron chi connectivity index (χ4n) is 2.31. The van der Waals surface area contributed by atoms with Crippen molar-refractivity contribution in [3.8, 4) is 5.75 Å². The first kappa shape index (κ1) is 18.7. The molecule has 1 heterocycles. The number of nitrogens with one attached hydrogen (secondary N) is 1. The van der Waals surface area contributed by atoms with Gasteiger partial charge in [-0.05, 0) is 37.0 Å². The largest absolute Gasteiger partial charge is 0.484 e. The number of carbonyl (C=O) groups is 1. The highest BCUT2D eigenvalue weighted by molar-refractivity contribution is 5.83. The van der Waals surface area contributed by atoms with Gasteiger partial charge in [0.2, 0.25) is 0 Å². The third-order valence-corrected chi connectivity index (χ3v) is 3.92. The van der Waals surface area contributed by atoms with Crippen LogP contribution in [0, 0.1) is 6.92 Å². The topological polar surface area (TPSA) is 68.5 Å². The Morgan fingerprint density at radius 3 is 2.56 bits per heavy atom. The van der Waals surface area contributed by atoms with Crippen molar-refractivity contribution in [1.29, 1.82) is 0 Å². The summed E-state index contributed by atoms with van der Waals surface area (Å²) in [5.74, 6) is 0.351. The first-order valence-electron chi connectivity index (χ1n) is 8.39. The summed E-state index contributed by atoms with van der Waals surface area (Å²) in [7, 11) is 0. The summed E-state index contributed by atoms with van der Waals surface area (Å²) < 4.78 is 7.35. The zero-order valence-electron chi connectivity index (χ0n) is 15.5. The van der Waals surface area contributed by atoms with Crippen LogP contribution in [0.1, 0.15) is 44.5 Å². The predicted octanol–water partition coefficient (Wildman–Crippen LogP) is 3.04. The van der Waals surface area contributed by atoms with Crippen LogP contribution in [0.4, 0.5) is 0 Å². The lowest BCUT2D eigenvalue weighted by atomic mass is 9.87. The third-order valence-electron chi connectivity index (χ3n) is 3.92. The molecule has 1 aromatic carbocycles. The van der Waals surface area contributed by atoms with Gasteiger partial charge in [-0.15, -0.1) is 0 Å². The highest BCUT2D eigenvalue weighted by Crippen LogP contribution is 2.24. The van der Waals surface area contributed by atoms with E-state index in [-0.39, 0.29) is 17.9 Å². The van der Waals surface area contributed by atoms with Crippen LogP contribution in [0.25, 0.3) is 0 Å². The second-order valence-corrected chi connectivity index (χ2v) is 6.86. The Hall–Kier alpha value is -2.63. The van der Waals surface area contributed by atoms with Crippen LogP contribution in [-0.2, 0) is 16.8 Å². The molecule has 0 aliphatic heterocycles. The standard InChI is InChI=1S/C19H26N4O2/c1-6-23-14(2)15(12-21-23)11-20-22-18(24)13-25-17-9-7-16(8-10-17)19(3,4)5/h7-12H,6,13H2,1-5H3,(H,22,24). The van der Waals surface area contributed by atoms with Crippen LogP contribution in [0.15, 0.2) is 35.6 Å². The van der Waals surface area contributed by atoms with Crippen LogP contribution in [0.3, 0.4) is 0 Å². The van der Waals surface area contributed by atoms with Crippen molar-refractivity contribution in [2.45, 2.75) is 46.6 Å². The molecular formula is C19H26N4O2. The number of hydrogen-bond acceptors (Lipinski definition) is 4. The first-order chi connectivity index (χ1) is 11.8. The van der Waals surface area contributed by atoms with E-state index in [1.165, 1.54) is 5.56 Å². The molecule has 0 unspecified atom stereocenters. The Kier molecular flexibility index (Phi) is 5.96. The molecule has 0 fully saturated rings. The number of benzene rings is 1. The van der Waals surface area contributed by atoms with E-state index in [1.807, 2.05) is 42.8 Å². The highest BCUT2D eigenvalue weighted by atomic mass is 16.5. The summed E-state index contributed by atoms with van der Waals surface area (Å²) in [5, 5.41) is 8.17. The fraction of sp³-hybridized carbons (Fsp3) is 0.421. The lowest BCUT2D eigenvalue weighted by molar-refractivity contribution is -0.123. The SMILES string of the molecule is CCn1ncc(C=NNC(=O)COc2ccc(C(C)(C)C)cc2)c1C. The van der Waals surface area contributed by atoms with E-state index < -0.39 is 0 Å². The van der Waals surface area contributed by atoms with Gasteiger partial charge >= 0.3 is 0 Å². The number of carbonyl (C=O) groups excluding carboxylic acids is 1. The molecule has 25 heavy (non-hydrogen) atoms. The molecule has 6 heteroatoms. The Balaban J connectivity index is 1.82. The van der Waals surface area contributed by atoms with Gasteiger partial charge in [0.1, 0.15) is 5.75 Å². The zero-order chi connectivity index (χ0) is 18.4. The average Bonchev–Trinajstić information content (AvgIpc) is 2.93. The third kappa shape index (κ3) is 5.17. The smallest absolute Gasteiger partial charge is 0.277 e. The Bertz CT molecular complexity index is 740. The van der Waals surface area contributed by atoms with Crippen molar-refractivity contribution < 1.29 is 9.53 Å². The Morgan fingerprint density at radius 2 is 2.00 bits per heavy atom. The lowest BCUT2D eigenvalue weighted by Gasteiger charge is -2.19. The van der Waals surface area contributed by atoms with E-state index in [1.54, 1.807) is 12.4 Å². The second kappa shape index (κ2) is 7.96. The predicted molar refractivity (Wildman–Crippen MR) is 99.0 cm³/mol. The minimum atomic E-state index is -0.309. The Morgan fingerprint density at radius 1 is 1.32 bits per heavy atom. The number of rotatable bonds is 6. The molecule has 1 N–H and O–H groups in total. The Labute approximate surface area is 148 Å². The van der Waals surface area contributed by atoms with Crippen LogP contribution >= 0.6 is 0 Å². The maximum atomic E-state index is 11.8. The molecule has 1 aromatic heterocycles. The van der Waals surface area contributed by atoms with Crippen LogP contribution in [0.2, 0.25) is 0 Å². The van der Waals surface area contributed by atoms with E-state index in [4.69, 9.17) is 4.74 Å². The molecule has 0 atom stereocenters. The number of amides is 1. The summed E-state index contributed by atoms with van der Waals surface area (Å²) in [5.41, 5.74) is 5.66. The summed E-state index contributed by atoms with van der Waals surface area (Å²) in [6.07, 6.45) is 3.31. The quantitative estimate of drug-likeness (QED) is 0.648. The van der Waals surface area contributed by atoms with Crippen molar-refractivity contribution in [1.82, 2.24) is 15.2 Å². The van der Waals surface area contributed by atoms with E-state index in [9.17, 15) is 4.79 Å². The molecule has 0 saturated heterocycles. The van der Waals surface area contributed by atoms with Crippen LogP contribution in [-0.4, -0.2) is 28.5 Å². The summed E-state index contributed by atoms with van der Waals surface area (Å²) in [6, 6.07) is 7.78. The van der Waals surface area contributed by atoms with Crippen molar-refractivity contribution >= 4 is 12.1 Å². The molecule has 0 aliphatic rings. The first-order valence-corrected chi connectivity index (χ1v) is 8.39. The van der Waals surface area contributed by atoms with Crippen molar-refractivity contribution in [3.63, 3.8) is 0 Å². The molecule has 0 aliphatic carbocycles. The molecule has 6 nitrogen and oxygen atoms in total. The number of nitrogens with zero attached hydrogens (tertiary/aromatic N) is 3. The molecule has 0 bridgehead atoms. The monoisotopic (exact) mass is 342 g/mol. The summed E-state index contributed by atoms with van der Waals surface area (Å²) >= 11 is 0. The molecule has 0 radical (unpaired) electrons. The van der Waals surface area contributed by atoms with Gasteiger partial charge in [0.15, 0.2) is 6.61 Å². The minimum Gasteiger partial charge on any atom is -0.484 e. The minimum absolute atomic E-state index is 0.0839. The molecule has 2 rings (SSSR count). The molecule has 0 spiro atoms. The lowest BCUT2D eigenvalue weighted by Crippen LogP contribution is -2.24. The molecule has 1 amide bonds. The van der Waals surface area contributed by atoms with Gasteiger partial charge in [-0.2, -0.15) is 10.2 Å². The fourth-order valence-corrected chi connectivity index (χ4v) is 2.31.